The molecule has 1 N–H and O–H groups in total. The van der Waals surface area contributed by atoms with Crippen LogP contribution in [0.3, 0.4) is 0 Å². The predicted molar refractivity (Wildman–Crippen MR) is 136 cm³/mol. The van der Waals surface area contributed by atoms with Crippen molar-refractivity contribution < 1.29 is 18.7 Å². The molecule has 0 fully saturated rings. The number of carbonyl (C=O) groups excluding carboxylic acids is 2. The first-order valence-electron chi connectivity index (χ1n) is 11.3. The molecule has 3 aromatic heterocycles. The first-order chi connectivity index (χ1) is 17.1. The summed E-state index contributed by atoms with van der Waals surface area (Å²) in [4.78, 5) is 31.3. The van der Waals surface area contributed by atoms with Crippen LogP contribution in [-0.4, -0.2) is 23.5 Å². The molecule has 1 amide bonds. The highest BCUT2D eigenvalue weighted by atomic mass is 32.1. The second-order valence-corrected chi connectivity index (χ2v) is 10.1. The minimum Gasteiger partial charge on any atom is -0.462 e. The highest BCUT2D eigenvalue weighted by Crippen LogP contribution is 2.39. The molecule has 3 heterocycles. The molecule has 1 aromatic carbocycles. The summed E-state index contributed by atoms with van der Waals surface area (Å²) in [7, 11) is 0. The van der Waals surface area contributed by atoms with Gasteiger partial charge in [0.25, 0.3) is 5.91 Å². The molecular weight excluding hydrogens is 482 g/mol. The van der Waals surface area contributed by atoms with Gasteiger partial charge in [-0.3, -0.25) is 4.79 Å². The van der Waals surface area contributed by atoms with Crippen LogP contribution in [0.1, 0.15) is 46.3 Å². The van der Waals surface area contributed by atoms with E-state index in [0.29, 0.717) is 22.1 Å². The normalized spacial score (nSPS) is 13.3. The molecule has 7 nitrogen and oxygen atoms in total. The molecule has 5 rings (SSSR count). The highest BCUT2D eigenvalue weighted by Gasteiger charge is 2.28. The number of amides is 1. The SMILES string of the molecule is CCOC(=O)c1c(NC(=O)/C(C#N)=C/c2ccc(-c3nc4ccccc4s3)o2)sc2c1CCCC2. The number of hydrogen-bond acceptors (Lipinski definition) is 8. The average Bonchev–Trinajstić information content (AvgIpc) is 3.58. The van der Waals surface area contributed by atoms with Crippen LogP contribution in [0.25, 0.3) is 27.1 Å². The largest absolute Gasteiger partial charge is 0.462 e. The maximum absolute atomic E-state index is 13.0. The number of anilines is 1. The fraction of sp³-hybridized carbons (Fsp3) is 0.231. The van der Waals surface area contributed by atoms with Crippen molar-refractivity contribution in [2.24, 2.45) is 0 Å². The van der Waals surface area contributed by atoms with Crippen LogP contribution in [0, 0.1) is 11.3 Å². The smallest absolute Gasteiger partial charge is 0.341 e. The third-order valence-electron chi connectivity index (χ3n) is 5.66. The van der Waals surface area contributed by atoms with Crippen molar-refractivity contribution in [3.05, 3.63) is 63.7 Å². The Morgan fingerprint density at radius 1 is 1.20 bits per heavy atom. The van der Waals surface area contributed by atoms with Gasteiger partial charge in [-0.15, -0.1) is 22.7 Å². The van der Waals surface area contributed by atoms with E-state index in [4.69, 9.17) is 9.15 Å². The summed E-state index contributed by atoms with van der Waals surface area (Å²) in [5, 5.41) is 13.6. The lowest BCUT2D eigenvalue weighted by atomic mass is 9.95. The number of carbonyl (C=O) groups is 2. The van der Waals surface area contributed by atoms with Gasteiger partial charge in [-0.2, -0.15) is 5.26 Å². The van der Waals surface area contributed by atoms with E-state index in [1.807, 2.05) is 30.3 Å². The van der Waals surface area contributed by atoms with Gasteiger partial charge in [-0.1, -0.05) is 12.1 Å². The van der Waals surface area contributed by atoms with E-state index in [1.165, 1.54) is 28.7 Å². The number of rotatable bonds is 6. The number of ether oxygens (including phenoxy) is 1. The molecule has 9 heteroatoms. The fourth-order valence-corrected chi connectivity index (χ4v) is 6.26. The zero-order chi connectivity index (χ0) is 24.4. The van der Waals surface area contributed by atoms with Gasteiger partial charge in [0, 0.05) is 11.0 Å². The van der Waals surface area contributed by atoms with E-state index in [0.717, 1.165) is 51.3 Å². The van der Waals surface area contributed by atoms with Crippen molar-refractivity contribution in [1.29, 1.82) is 5.26 Å². The van der Waals surface area contributed by atoms with Crippen LogP contribution in [0.5, 0.6) is 0 Å². The van der Waals surface area contributed by atoms with E-state index < -0.39 is 11.9 Å². The molecule has 0 atom stereocenters. The Hall–Kier alpha value is -3.74. The molecule has 1 aliphatic carbocycles. The third-order valence-corrected chi connectivity index (χ3v) is 7.92. The fourth-order valence-electron chi connectivity index (χ4n) is 4.06. The molecule has 35 heavy (non-hydrogen) atoms. The number of nitrogens with zero attached hydrogens (tertiary/aromatic N) is 2. The quantitative estimate of drug-likeness (QED) is 0.190. The van der Waals surface area contributed by atoms with Crippen molar-refractivity contribution in [3.8, 4) is 16.8 Å². The van der Waals surface area contributed by atoms with E-state index in [9.17, 15) is 14.9 Å². The highest BCUT2D eigenvalue weighted by molar-refractivity contribution is 7.21. The first kappa shape index (κ1) is 23.0. The van der Waals surface area contributed by atoms with Crippen LogP contribution in [0.15, 0.2) is 46.4 Å². The third kappa shape index (κ3) is 4.63. The van der Waals surface area contributed by atoms with Gasteiger partial charge in [0.05, 0.1) is 22.4 Å². The number of fused-ring (bicyclic) bond motifs is 2. The summed E-state index contributed by atoms with van der Waals surface area (Å²) in [6.07, 6.45) is 5.07. The number of aryl methyl sites for hydroxylation is 1. The Labute approximate surface area is 209 Å². The molecule has 0 saturated heterocycles. The molecule has 1 aliphatic rings. The van der Waals surface area contributed by atoms with Crippen LogP contribution >= 0.6 is 22.7 Å². The number of para-hydroxylation sites is 1. The maximum atomic E-state index is 13.0. The second kappa shape index (κ2) is 9.86. The van der Waals surface area contributed by atoms with Crippen LogP contribution in [-0.2, 0) is 22.4 Å². The Bertz CT molecular complexity index is 1470. The van der Waals surface area contributed by atoms with Crippen molar-refractivity contribution in [3.63, 3.8) is 0 Å². The summed E-state index contributed by atoms with van der Waals surface area (Å²) in [5.41, 5.74) is 2.11. The first-order valence-corrected chi connectivity index (χ1v) is 12.9. The number of furan rings is 1. The minimum atomic E-state index is -0.602. The number of esters is 1. The van der Waals surface area contributed by atoms with Gasteiger partial charge in [-0.05, 0) is 62.4 Å². The standard InChI is InChI=1S/C26H21N3O4S2/c1-2-32-26(31)22-17-7-3-5-9-20(17)34-25(22)29-23(30)15(14-27)13-16-11-12-19(33-16)24-28-18-8-4-6-10-21(18)35-24/h4,6,8,10-13H,2-3,5,7,9H2,1H3,(H,29,30)/b15-13+. The monoisotopic (exact) mass is 503 g/mol. The lowest BCUT2D eigenvalue weighted by Crippen LogP contribution is -2.16. The van der Waals surface area contributed by atoms with E-state index in [2.05, 4.69) is 10.3 Å². The predicted octanol–water partition coefficient (Wildman–Crippen LogP) is 6.22. The van der Waals surface area contributed by atoms with Crippen LogP contribution in [0.4, 0.5) is 5.00 Å². The van der Waals surface area contributed by atoms with Crippen LogP contribution in [0.2, 0.25) is 0 Å². The van der Waals surface area contributed by atoms with Gasteiger partial charge < -0.3 is 14.5 Å². The van der Waals surface area contributed by atoms with E-state index in [1.54, 1.807) is 19.1 Å². The van der Waals surface area contributed by atoms with Crippen molar-refractivity contribution in [2.45, 2.75) is 32.6 Å². The summed E-state index contributed by atoms with van der Waals surface area (Å²) < 4.78 is 12.1. The molecule has 4 aromatic rings. The Morgan fingerprint density at radius 3 is 2.83 bits per heavy atom. The van der Waals surface area contributed by atoms with Gasteiger partial charge >= 0.3 is 5.97 Å². The summed E-state index contributed by atoms with van der Waals surface area (Å²) in [6.45, 7) is 1.99. The zero-order valence-electron chi connectivity index (χ0n) is 18.9. The van der Waals surface area contributed by atoms with E-state index >= 15 is 0 Å². The molecule has 0 bridgehead atoms. The molecule has 0 saturated carbocycles. The average molecular weight is 504 g/mol. The molecule has 0 radical (unpaired) electrons. The zero-order valence-corrected chi connectivity index (χ0v) is 20.6. The Balaban J connectivity index is 1.40. The van der Waals surface area contributed by atoms with Gasteiger partial charge in [0.1, 0.15) is 22.4 Å². The molecule has 0 aliphatic heterocycles. The summed E-state index contributed by atoms with van der Waals surface area (Å²) in [5.74, 6) is -0.126. The maximum Gasteiger partial charge on any atom is 0.341 e. The number of benzene rings is 1. The molecular formula is C26H21N3O4S2. The second-order valence-electron chi connectivity index (χ2n) is 7.95. The van der Waals surface area contributed by atoms with E-state index in [-0.39, 0.29) is 12.2 Å². The van der Waals surface area contributed by atoms with Crippen molar-refractivity contribution in [2.75, 3.05) is 11.9 Å². The Morgan fingerprint density at radius 2 is 2.03 bits per heavy atom. The summed E-state index contributed by atoms with van der Waals surface area (Å²) >= 11 is 2.89. The van der Waals surface area contributed by atoms with Crippen LogP contribution < -0.4 is 5.32 Å². The van der Waals surface area contributed by atoms with Gasteiger partial charge in [-0.25, -0.2) is 9.78 Å². The number of nitrogens with one attached hydrogen (secondary N) is 1. The molecule has 0 unspecified atom stereocenters. The lowest BCUT2D eigenvalue weighted by molar-refractivity contribution is -0.112. The van der Waals surface area contributed by atoms with Gasteiger partial charge in [0.2, 0.25) is 0 Å². The van der Waals surface area contributed by atoms with Crippen molar-refractivity contribution in [1.82, 2.24) is 4.98 Å². The minimum absolute atomic E-state index is 0.128. The molecule has 0 spiro atoms. The van der Waals surface area contributed by atoms with Crippen molar-refractivity contribution >= 4 is 55.8 Å². The number of nitriles is 1. The number of aromatic nitrogens is 1. The number of hydrogen-bond donors (Lipinski definition) is 1. The Kier molecular flexibility index (Phi) is 6.49. The topological polar surface area (TPSA) is 105 Å². The number of thiophene rings is 1. The summed E-state index contributed by atoms with van der Waals surface area (Å²) in [6, 6.07) is 13.2. The number of thiazole rings is 1. The lowest BCUT2D eigenvalue weighted by Gasteiger charge is -2.12. The van der Waals surface area contributed by atoms with Gasteiger partial charge in [0.15, 0.2) is 10.8 Å². The molecule has 176 valence electrons.